The second-order valence-corrected chi connectivity index (χ2v) is 8.68. The average molecular weight is 459 g/mol. The molecule has 2 aromatic rings. The summed E-state index contributed by atoms with van der Waals surface area (Å²) in [6, 6.07) is 13.8. The Bertz CT molecular complexity index is 905. The standard InChI is InChI=1S/C24H31FN4O2S/c1-18-4-6-19(7-5-18)23(30)28(13-12-27(2)3)16-22-17-29(14-15-31-22)24(32)26-21-10-8-20(25)9-11-21/h4-11,22H,12-17H2,1-3H3,(H,26,32)/t22-/m1/s1. The van der Waals surface area contributed by atoms with E-state index in [4.69, 9.17) is 17.0 Å². The first-order valence-corrected chi connectivity index (χ1v) is 11.2. The number of thiocarbonyl (C=S) groups is 1. The third-order valence-corrected chi connectivity index (χ3v) is 5.71. The van der Waals surface area contributed by atoms with Gasteiger partial charge in [0.1, 0.15) is 5.82 Å². The number of benzene rings is 2. The van der Waals surface area contributed by atoms with Crippen molar-refractivity contribution in [1.82, 2.24) is 14.7 Å². The molecule has 1 fully saturated rings. The average Bonchev–Trinajstić information content (AvgIpc) is 2.78. The Kier molecular flexibility index (Phi) is 8.55. The van der Waals surface area contributed by atoms with Crippen LogP contribution < -0.4 is 5.32 Å². The first-order chi connectivity index (χ1) is 15.3. The Morgan fingerprint density at radius 1 is 1.16 bits per heavy atom. The second-order valence-electron chi connectivity index (χ2n) is 8.30. The molecule has 0 bridgehead atoms. The molecule has 6 nitrogen and oxygen atoms in total. The van der Waals surface area contributed by atoms with E-state index in [2.05, 4.69) is 10.2 Å². The molecule has 0 saturated carbocycles. The Morgan fingerprint density at radius 2 is 1.84 bits per heavy atom. The van der Waals surface area contributed by atoms with Gasteiger partial charge < -0.3 is 24.8 Å². The maximum absolute atomic E-state index is 13.2. The molecule has 0 spiro atoms. The predicted molar refractivity (Wildman–Crippen MR) is 130 cm³/mol. The Hall–Kier alpha value is -2.55. The molecule has 8 heteroatoms. The van der Waals surface area contributed by atoms with Crippen molar-refractivity contribution in [2.45, 2.75) is 13.0 Å². The van der Waals surface area contributed by atoms with E-state index >= 15 is 0 Å². The number of halogens is 1. The molecule has 32 heavy (non-hydrogen) atoms. The van der Waals surface area contributed by atoms with Gasteiger partial charge in [-0.2, -0.15) is 0 Å². The monoisotopic (exact) mass is 458 g/mol. The van der Waals surface area contributed by atoms with Gasteiger partial charge in [-0.1, -0.05) is 17.7 Å². The van der Waals surface area contributed by atoms with Gasteiger partial charge in [-0.3, -0.25) is 4.79 Å². The molecule has 1 N–H and O–H groups in total. The highest BCUT2D eigenvalue weighted by Crippen LogP contribution is 2.14. The van der Waals surface area contributed by atoms with Crippen molar-refractivity contribution in [3.8, 4) is 0 Å². The molecule has 1 amide bonds. The normalized spacial score (nSPS) is 16.2. The van der Waals surface area contributed by atoms with Crippen molar-refractivity contribution in [1.29, 1.82) is 0 Å². The summed E-state index contributed by atoms with van der Waals surface area (Å²) in [4.78, 5) is 19.1. The third kappa shape index (κ3) is 6.98. The number of likely N-dealkylation sites (N-methyl/N-ethyl adjacent to an activating group) is 1. The molecule has 0 unspecified atom stereocenters. The molecular formula is C24H31FN4O2S. The van der Waals surface area contributed by atoms with Crippen molar-refractivity contribution < 1.29 is 13.9 Å². The first kappa shape index (κ1) is 24.1. The number of hydrogen-bond donors (Lipinski definition) is 1. The lowest BCUT2D eigenvalue weighted by Crippen LogP contribution is -2.52. The van der Waals surface area contributed by atoms with Crippen LogP contribution in [-0.4, -0.2) is 85.2 Å². The van der Waals surface area contributed by atoms with Gasteiger partial charge in [-0.25, -0.2) is 4.39 Å². The number of aryl methyl sites for hydroxylation is 1. The van der Waals surface area contributed by atoms with E-state index in [-0.39, 0.29) is 17.8 Å². The van der Waals surface area contributed by atoms with Crippen LogP contribution in [0.4, 0.5) is 10.1 Å². The van der Waals surface area contributed by atoms with Crippen molar-refractivity contribution in [2.24, 2.45) is 0 Å². The Morgan fingerprint density at radius 3 is 2.50 bits per heavy atom. The number of nitrogens with zero attached hydrogens (tertiary/aromatic N) is 3. The summed E-state index contributed by atoms with van der Waals surface area (Å²) < 4.78 is 19.1. The number of carbonyl (C=O) groups excluding carboxylic acids is 1. The van der Waals surface area contributed by atoms with Crippen LogP contribution in [-0.2, 0) is 4.74 Å². The molecule has 0 aromatic heterocycles. The highest BCUT2D eigenvalue weighted by molar-refractivity contribution is 7.80. The van der Waals surface area contributed by atoms with Crippen molar-refractivity contribution >= 4 is 28.9 Å². The van der Waals surface area contributed by atoms with Gasteiger partial charge in [0.15, 0.2) is 5.11 Å². The molecule has 3 rings (SSSR count). The minimum Gasteiger partial charge on any atom is -0.373 e. The largest absolute Gasteiger partial charge is 0.373 e. The highest BCUT2D eigenvalue weighted by atomic mass is 32.1. The molecule has 1 aliphatic rings. The summed E-state index contributed by atoms with van der Waals surface area (Å²) in [5, 5.41) is 3.72. The van der Waals surface area contributed by atoms with E-state index in [1.54, 1.807) is 12.1 Å². The van der Waals surface area contributed by atoms with E-state index in [1.165, 1.54) is 12.1 Å². The minimum absolute atomic E-state index is 0.000382. The van der Waals surface area contributed by atoms with Gasteiger partial charge in [0.2, 0.25) is 0 Å². The van der Waals surface area contributed by atoms with E-state index < -0.39 is 0 Å². The number of hydrogen-bond acceptors (Lipinski definition) is 4. The van der Waals surface area contributed by atoms with Crippen molar-refractivity contribution in [2.75, 3.05) is 58.7 Å². The molecule has 1 heterocycles. The fraction of sp³-hybridized carbons (Fsp3) is 0.417. The van der Waals surface area contributed by atoms with Gasteiger partial charge in [0.05, 0.1) is 12.7 Å². The van der Waals surface area contributed by atoms with Gasteiger partial charge >= 0.3 is 0 Å². The highest BCUT2D eigenvalue weighted by Gasteiger charge is 2.27. The van der Waals surface area contributed by atoms with E-state index in [1.807, 2.05) is 55.1 Å². The maximum Gasteiger partial charge on any atom is 0.253 e. The van der Waals surface area contributed by atoms with E-state index in [0.717, 1.165) is 17.8 Å². The van der Waals surface area contributed by atoms with E-state index in [0.29, 0.717) is 43.5 Å². The molecule has 0 radical (unpaired) electrons. The van der Waals surface area contributed by atoms with Crippen LogP contribution in [0.25, 0.3) is 0 Å². The van der Waals surface area contributed by atoms with Crippen molar-refractivity contribution in [3.63, 3.8) is 0 Å². The molecule has 0 aliphatic carbocycles. The van der Waals surface area contributed by atoms with Crippen LogP contribution >= 0.6 is 12.2 Å². The second kappa shape index (κ2) is 11.4. The van der Waals surface area contributed by atoms with Gasteiger partial charge in [-0.15, -0.1) is 0 Å². The summed E-state index contributed by atoms with van der Waals surface area (Å²) in [6.45, 7) is 5.62. The minimum atomic E-state index is -0.288. The molecular weight excluding hydrogens is 427 g/mol. The van der Waals surface area contributed by atoms with Crippen LogP contribution in [0, 0.1) is 12.7 Å². The predicted octanol–water partition coefficient (Wildman–Crippen LogP) is 3.24. The number of rotatable bonds is 7. The third-order valence-electron chi connectivity index (χ3n) is 5.35. The van der Waals surface area contributed by atoms with Crippen LogP contribution in [0.3, 0.4) is 0 Å². The zero-order valence-electron chi connectivity index (χ0n) is 18.9. The zero-order valence-corrected chi connectivity index (χ0v) is 19.7. The number of ether oxygens (including phenoxy) is 1. The lowest BCUT2D eigenvalue weighted by Gasteiger charge is -2.37. The summed E-state index contributed by atoms with van der Waals surface area (Å²) in [6.07, 6.45) is -0.159. The number of amides is 1. The lowest BCUT2D eigenvalue weighted by atomic mass is 10.1. The molecule has 1 atom stereocenters. The fourth-order valence-electron chi connectivity index (χ4n) is 3.47. The van der Waals surface area contributed by atoms with Gasteiger partial charge in [-0.05, 0) is 69.6 Å². The Balaban J connectivity index is 1.64. The molecule has 1 aliphatic heterocycles. The zero-order chi connectivity index (χ0) is 23.1. The van der Waals surface area contributed by atoms with E-state index in [9.17, 15) is 9.18 Å². The lowest BCUT2D eigenvalue weighted by molar-refractivity contribution is -0.0208. The molecule has 172 valence electrons. The van der Waals surface area contributed by atoms with Gasteiger partial charge in [0, 0.05) is 44.0 Å². The topological polar surface area (TPSA) is 48.1 Å². The van der Waals surface area contributed by atoms with Crippen LogP contribution in [0.1, 0.15) is 15.9 Å². The van der Waals surface area contributed by atoms with Crippen LogP contribution in [0.15, 0.2) is 48.5 Å². The quantitative estimate of drug-likeness (QED) is 0.643. The Labute approximate surface area is 194 Å². The summed E-state index contributed by atoms with van der Waals surface area (Å²) in [7, 11) is 3.99. The molecule has 1 saturated heterocycles. The number of nitrogens with one attached hydrogen (secondary N) is 1. The summed E-state index contributed by atoms with van der Waals surface area (Å²) >= 11 is 5.56. The molecule has 2 aromatic carbocycles. The maximum atomic E-state index is 13.2. The number of carbonyl (C=O) groups is 1. The number of anilines is 1. The first-order valence-electron chi connectivity index (χ1n) is 10.8. The summed E-state index contributed by atoms with van der Waals surface area (Å²) in [5.41, 5.74) is 2.53. The smallest absolute Gasteiger partial charge is 0.253 e. The summed E-state index contributed by atoms with van der Waals surface area (Å²) in [5.74, 6) is -0.288. The van der Waals surface area contributed by atoms with Gasteiger partial charge in [0.25, 0.3) is 5.91 Å². The van der Waals surface area contributed by atoms with Crippen LogP contribution in [0.5, 0.6) is 0 Å². The van der Waals surface area contributed by atoms with Crippen molar-refractivity contribution in [3.05, 3.63) is 65.5 Å². The van der Waals surface area contributed by atoms with Crippen LogP contribution in [0.2, 0.25) is 0 Å². The SMILES string of the molecule is Cc1ccc(C(=O)N(CCN(C)C)C[C@@H]2CN(C(=S)Nc3ccc(F)cc3)CCO2)cc1. The fourth-order valence-corrected chi connectivity index (χ4v) is 3.75. The number of morpholine rings is 1.